The fraction of sp³-hybridized carbons (Fsp3) is 0.500. The fourth-order valence-corrected chi connectivity index (χ4v) is 3.39. The number of methoxy groups -OCH3 is 1. The third-order valence-electron chi connectivity index (χ3n) is 4.55. The zero-order valence-electron chi connectivity index (χ0n) is 13.6. The summed E-state index contributed by atoms with van der Waals surface area (Å²) in [6.45, 7) is 6.37. The monoisotopic (exact) mass is 319 g/mol. The SMILES string of the molecule is C=CCC1(CO)CCCN(Cc2ccc(OC)c(C(=O)O)c2)C1. The number of aromatic carboxylic acids is 1. The Kier molecular flexibility index (Phi) is 5.80. The van der Waals surface area contributed by atoms with Crippen LogP contribution in [0, 0.1) is 5.41 Å². The predicted molar refractivity (Wildman–Crippen MR) is 88.8 cm³/mol. The number of aliphatic hydroxyl groups excluding tert-OH is 1. The number of hydrogen-bond donors (Lipinski definition) is 2. The van der Waals surface area contributed by atoms with Gasteiger partial charge in [-0.25, -0.2) is 4.79 Å². The molecule has 126 valence electrons. The molecular weight excluding hydrogens is 294 g/mol. The molecule has 2 rings (SSSR count). The lowest BCUT2D eigenvalue weighted by molar-refractivity contribution is 0.0309. The molecule has 1 aromatic rings. The summed E-state index contributed by atoms with van der Waals surface area (Å²) < 4.78 is 5.10. The van der Waals surface area contributed by atoms with Crippen LogP contribution < -0.4 is 4.74 Å². The van der Waals surface area contributed by atoms with Gasteiger partial charge < -0.3 is 14.9 Å². The summed E-state index contributed by atoms with van der Waals surface area (Å²) in [6, 6.07) is 5.27. The summed E-state index contributed by atoms with van der Waals surface area (Å²) in [5, 5.41) is 19.1. The van der Waals surface area contributed by atoms with Gasteiger partial charge in [0.25, 0.3) is 0 Å². The number of ether oxygens (including phenoxy) is 1. The molecule has 0 aromatic heterocycles. The van der Waals surface area contributed by atoms with E-state index in [2.05, 4.69) is 11.5 Å². The number of likely N-dealkylation sites (tertiary alicyclic amines) is 1. The highest BCUT2D eigenvalue weighted by Gasteiger charge is 2.33. The second-order valence-corrected chi connectivity index (χ2v) is 6.30. The minimum Gasteiger partial charge on any atom is -0.496 e. The highest BCUT2D eigenvalue weighted by atomic mass is 16.5. The van der Waals surface area contributed by atoms with Gasteiger partial charge in [-0.1, -0.05) is 12.1 Å². The largest absolute Gasteiger partial charge is 0.496 e. The van der Waals surface area contributed by atoms with Gasteiger partial charge in [0.15, 0.2) is 0 Å². The Labute approximate surface area is 137 Å². The Morgan fingerprint density at radius 2 is 2.30 bits per heavy atom. The van der Waals surface area contributed by atoms with E-state index in [-0.39, 0.29) is 17.6 Å². The minimum absolute atomic E-state index is 0.123. The summed E-state index contributed by atoms with van der Waals surface area (Å²) in [6.07, 6.45) is 4.68. The number of piperidine rings is 1. The van der Waals surface area contributed by atoms with E-state index in [0.29, 0.717) is 12.3 Å². The minimum atomic E-state index is -0.987. The first-order chi connectivity index (χ1) is 11.0. The molecule has 1 atom stereocenters. The highest BCUT2D eigenvalue weighted by Crippen LogP contribution is 2.34. The van der Waals surface area contributed by atoms with Crippen LogP contribution in [0.5, 0.6) is 5.75 Å². The van der Waals surface area contributed by atoms with Gasteiger partial charge in [0.2, 0.25) is 0 Å². The van der Waals surface area contributed by atoms with E-state index in [0.717, 1.165) is 37.9 Å². The van der Waals surface area contributed by atoms with Gasteiger partial charge in [0, 0.05) is 18.5 Å². The Bertz CT molecular complexity index is 572. The number of rotatable bonds is 7. The van der Waals surface area contributed by atoms with Crippen LogP contribution in [-0.4, -0.2) is 47.9 Å². The lowest BCUT2D eigenvalue weighted by Crippen LogP contribution is -2.44. The first kappa shape index (κ1) is 17.5. The van der Waals surface area contributed by atoms with Gasteiger partial charge in [0.1, 0.15) is 11.3 Å². The molecule has 0 aliphatic carbocycles. The number of benzene rings is 1. The second-order valence-electron chi connectivity index (χ2n) is 6.30. The number of hydrogen-bond acceptors (Lipinski definition) is 4. The van der Waals surface area contributed by atoms with Crippen LogP contribution in [0.15, 0.2) is 30.9 Å². The molecule has 5 nitrogen and oxygen atoms in total. The van der Waals surface area contributed by atoms with Crippen molar-refractivity contribution in [1.82, 2.24) is 4.90 Å². The Balaban J connectivity index is 2.14. The molecule has 1 aliphatic rings. The summed E-state index contributed by atoms with van der Waals surface area (Å²) in [4.78, 5) is 13.6. The Hall–Kier alpha value is -1.85. The number of allylic oxidation sites excluding steroid dienone is 1. The molecule has 0 radical (unpaired) electrons. The zero-order valence-corrected chi connectivity index (χ0v) is 13.6. The normalized spacial score (nSPS) is 21.8. The molecule has 0 spiro atoms. The Morgan fingerprint density at radius 3 is 2.91 bits per heavy atom. The molecular formula is C18H25NO4. The van der Waals surface area contributed by atoms with Crippen LogP contribution in [0.1, 0.15) is 35.2 Å². The quantitative estimate of drug-likeness (QED) is 0.756. The average Bonchev–Trinajstić information content (AvgIpc) is 2.55. The third-order valence-corrected chi connectivity index (χ3v) is 4.55. The summed E-state index contributed by atoms with van der Waals surface area (Å²) in [5.41, 5.74) is 0.999. The van der Waals surface area contributed by atoms with Crippen molar-refractivity contribution in [3.05, 3.63) is 42.0 Å². The van der Waals surface area contributed by atoms with Crippen LogP contribution in [0.25, 0.3) is 0 Å². The fourth-order valence-electron chi connectivity index (χ4n) is 3.39. The smallest absolute Gasteiger partial charge is 0.339 e. The van der Waals surface area contributed by atoms with Crippen molar-refractivity contribution >= 4 is 5.97 Å². The van der Waals surface area contributed by atoms with Gasteiger partial charge >= 0.3 is 5.97 Å². The molecule has 1 saturated heterocycles. The molecule has 1 unspecified atom stereocenters. The van der Waals surface area contributed by atoms with E-state index < -0.39 is 5.97 Å². The van der Waals surface area contributed by atoms with Gasteiger partial charge in [-0.3, -0.25) is 4.90 Å². The first-order valence-electron chi connectivity index (χ1n) is 7.88. The molecule has 1 aliphatic heterocycles. The van der Waals surface area contributed by atoms with E-state index in [1.54, 1.807) is 12.1 Å². The number of aliphatic hydroxyl groups is 1. The molecule has 1 aromatic carbocycles. The molecule has 0 saturated carbocycles. The predicted octanol–water partition coefficient (Wildman–Crippen LogP) is 2.54. The number of carbonyl (C=O) groups is 1. The Morgan fingerprint density at radius 1 is 1.52 bits per heavy atom. The van der Waals surface area contributed by atoms with Gasteiger partial charge in [-0.2, -0.15) is 0 Å². The molecule has 2 N–H and O–H groups in total. The van der Waals surface area contributed by atoms with E-state index >= 15 is 0 Å². The van der Waals surface area contributed by atoms with E-state index in [9.17, 15) is 15.0 Å². The maximum atomic E-state index is 11.3. The van der Waals surface area contributed by atoms with Crippen LogP contribution in [0.4, 0.5) is 0 Å². The molecule has 1 heterocycles. The van der Waals surface area contributed by atoms with Crippen molar-refractivity contribution in [1.29, 1.82) is 0 Å². The van der Waals surface area contributed by atoms with Crippen LogP contribution >= 0.6 is 0 Å². The molecule has 1 fully saturated rings. The first-order valence-corrected chi connectivity index (χ1v) is 7.88. The van der Waals surface area contributed by atoms with Crippen LogP contribution in [0.3, 0.4) is 0 Å². The molecule has 0 bridgehead atoms. The van der Waals surface area contributed by atoms with Crippen molar-refractivity contribution in [2.45, 2.75) is 25.8 Å². The van der Waals surface area contributed by atoms with E-state index in [1.807, 2.05) is 12.1 Å². The standard InChI is InChI=1S/C18H25NO4/c1-3-7-18(13-20)8-4-9-19(12-18)11-14-5-6-16(23-2)15(10-14)17(21)22/h3,5-6,10,20H,1,4,7-9,11-13H2,2H3,(H,21,22). The summed E-state index contributed by atoms with van der Waals surface area (Å²) in [5.74, 6) is -0.616. The van der Waals surface area contributed by atoms with Crippen molar-refractivity contribution < 1.29 is 19.7 Å². The van der Waals surface area contributed by atoms with Crippen molar-refractivity contribution in [2.24, 2.45) is 5.41 Å². The number of carboxylic acids is 1. The van der Waals surface area contributed by atoms with Crippen LogP contribution in [0.2, 0.25) is 0 Å². The molecule has 23 heavy (non-hydrogen) atoms. The van der Waals surface area contributed by atoms with E-state index in [1.165, 1.54) is 7.11 Å². The maximum Gasteiger partial charge on any atom is 0.339 e. The summed E-state index contributed by atoms with van der Waals surface area (Å²) in [7, 11) is 1.47. The summed E-state index contributed by atoms with van der Waals surface area (Å²) >= 11 is 0. The van der Waals surface area contributed by atoms with Crippen LogP contribution in [-0.2, 0) is 6.54 Å². The highest BCUT2D eigenvalue weighted by molar-refractivity contribution is 5.91. The maximum absolute atomic E-state index is 11.3. The lowest BCUT2D eigenvalue weighted by Gasteiger charge is -2.41. The zero-order chi connectivity index (χ0) is 16.9. The molecule has 5 heteroatoms. The van der Waals surface area contributed by atoms with Gasteiger partial charge in [0.05, 0.1) is 13.7 Å². The number of nitrogens with zero attached hydrogens (tertiary/aromatic N) is 1. The number of carboxylic acid groups (broad SMARTS) is 1. The van der Waals surface area contributed by atoms with Gasteiger partial charge in [-0.05, 0) is 43.5 Å². The molecule has 0 amide bonds. The van der Waals surface area contributed by atoms with E-state index in [4.69, 9.17) is 4.74 Å². The van der Waals surface area contributed by atoms with Crippen molar-refractivity contribution in [2.75, 3.05) is 26.8 Å². The van der Waals surface area contributed by atoms with Crippen molar-refractivity contribution in [3.63, 3.8) is 0 Å². The second kappa shape index (κ2) is 7.62. The topological polar surface area (TPSA) is 70.0 Å². The lowest BCUT2D eigenvalue weighted by atomic mass is 9.77. The van der Waals surface area contributed by atoms with Crippen molar-refractivity contribution in [3.8, 4) is 5.75 Å². The van der Waals surface area contributed by atoms with Gasteiger partial charge in [-0.15, -0.1) is 6.58 Å². The average molecular weight is 319 g/mol. The third kappa shape index (κ3) is 4.12.